The smallest absolute Gasteiger partial charge is 0.0159 e. The maximum absolute atomic E-state index is 2.47. The molecule has 0 bridgehead atoms. The van der Waals surface area contributed by atoms with Crippen molar-refractivity contribution >= 4 is 43.1 Å². The Kier molecular flexibility index (Phi) is 9.76. The molecule has 13 aromatic rings. The van der Waals surface area contributed by atoms with Gasteiger partial charge in [0.2, 0.25) is 0 Å². The van der Waals surface area contributed by atoms with Crippen LogP contribution in [-0.2, 0) is 10.8 Å². The second-order valence-corrected chi connectivity index (χ2v) is 22.3. The molecule has 0 saturated heterocycles. The summed E-state index contributed by atoms with van der Waals surface area (Å²) in [4.78, 5) is 0. The van der Waals surface area contributed by atoms with Crippen LogP contribution in [-0.4, -0.2) is 0 Å². The van der Waals surface area contributed by atoms with Crippen molar-refractivity contribution in [1.29, 1.82) is 0 Å². The van der Waals surface area contributed by atoms with Gasteiger partial charge in [0.1, 0.15) is 0 Å². The summed E-state index contributed by atoms with van der Waals surface area (Å²) < 4.78 is 0. The van der Waals surface area contributed by atoms with E-state index in [1.165, 1.54) is 154 Å². The fraction of sp³-hybridized carbons (Fsp3) is 0.0789. The Balaban J connectivity index is 0.721. The van der Waals surface area contributed by atoms with E-state index < -0.39 is 0 Å². The minimum Gasteiger partial charge on any atom is -0.0616 e. The van der Waals surface area contributed by atoms with Crippen LogP contribution >= 0.6 is 0 Å². The number of hydrogen-bond acceptors (Lipinski definition) is 0. The minimum absolute atomic E-state index is 0.174. The molecule has 0 radical (unpaired) electrons. The Morgan fingerprint density at radius 1 is 0.184 bits per heavy atom. The Labute approximate surface area is 445 Å². The molecule has 76 heavy (non-hydrogen) atoms. The lowest BCUT2D eigenvalue weighted by molar-refractivity contribution is 0.660. The molecule has 0 saturated carbocycles. The quantitative estimate of drug-likeness (QED) is 0.146. The Hall–Kier alpha value is -9.10. The van der Waals surface area contributed by atoms with E-state index in [1.807, 2.05) is 0 Å². The fourth-order valence-electron chi connectivity index (χ4n) is 13.5. The van der Waals surface area contributed by atoms with E-state index in [0.29, 0.717) is 0 Å². The minimum atomic E-state index is -0.174. The van der Waals surface area contributed by atoms with Crippen molar-refractivity contribution in [2.45, 2.75) is 38.5 Å². The molecule has 2 aliphatic carbocycles. The third-order valence-electron chi connectivity index (χ3n) is 17.5. The highest BCUT2D eigenvalue weighted by molar-refractivity contribution is 6.16. The highest BCUT2D eigenvalue weighted by atomic mass is 14.4. The second-order valence-electron chi connectivity index (χ2n) is 22.3. The summed E-state index contributed by atoms with van der Waals surface area (Å²) >= 11 is 0. The molecule has 2 aliphatic rings. The zero-order valence-corrected chi connectivity index (χ0v) is 43.2. The average Bonchev–Trinajstić information content (AvgIpc) is 3.90. The predicted octanol–water partition coefficient (Wildman–Crippen LogP) is 20.9. The van der Waals surface area contributed by atoms with Crippen LogP contribution in [0.15, 0.2) is 255 Å². The van der Waals surface area contributed by atoms with Crippen LogP contribution in [0.25, 0.3) is 132 Å². The summed E-state index contributed by atoms with van der Waals surface area (Å²) in [7, 11) is 0. The van der Waals surface area contributed by atoms with Gasteiger partial charge in [0, 0.05) is 10.8 Å². The van der Waals surface area contributed by atoms with Crippen LogP contribution in [0.4, 0.5) is 0 Å². The summed E-state index contributed by atoms with van der Waals surface area (Å²) in [5.74, 6) is 0. The van der Waals surface area contributed by atoms with E-state index in [9.17, 15) is 0 Å². The zero-order valence-electron chi connectivity index (χ0n) is 43.2. The molecule has 0 heteroatoms. The first kappa shape index (κ1) is 44.4. The molecule has 0 amide bonds. The van der Waals surface area contributed by atoms with Gasteiger partial charge in [-0.15, -0.1) is 0 Å². The van der Waals surface area contributed by atoms with Gasteiger partial charge >= 0.3 is 0 Å². The lowest BCUT2D eigenvalue weighted by Crippen LogP contribution is -2.15. The molecule has 0 aliphatic heterocycles. The molecule has 0 fully saturated rings. The highest BCUT2D eigenvalue weighted by Gasteiger charge is 2.37. The molecule has 0 unspecified atom stereocenters. The van der Waals surface area contributed by atoms with Crippen LogP contribution in [0.5, 0.6) is 0 Å². The standard InChI is InChI=1S/C76H54/c1-75(2)71-43-49(33-37-65(71)67-39-35-53(45-73(67)75)57-21-9-11-25-61(57)69-41-51-17-5-7-19-55(51)59-23-13-15-27-63(59)69)47-29-31-48(32-30-47)50-34-38-66-68-40-36-54(46-74(68)76(3,4)72(66)44-50)58-22-10-12-26-62(58)70-42-52-18-6-8-20-56(52)60-24-14-16-28-64(60)70/h5-46H,1-4H3. The van der Waals surface area contributed by atoms with Crippen LogP contribution < -0.4 is 0 Å². The van der Waals surface area contributed by atoms with Crippen molar-refractivity contribution in [3.63, 3.8) is 0 Å². The van der Waals surface area contributed by atoms with Crippen LogP contribution in [0, 0.1) is 0 Å². The van der Waals surface area contributed by atoms with Gasteiger partial charge in [-0.25, -0.2) is 0 Å². The maximum Gasteiger partial charge on any atom is 0.0159 e. The summed E-state index contributed by atoms with van der Waals surface area (Å²) in [5.41, 5.74) is 25.5. The van der Waals surface area contributed by atoms with Gasteiger partial charge in [-0.2, -0.15) is 0 Å². The molecule has 0 atom stereocenters. The molecule has 358 valence electrons. The SMILES string of the molecule is CC1(C)c2cc(-c3ccc(-c4ccc5c(c4)C(C)(C)c4cc(-c6ccccc6-c6cc7ccccc7c7ccccc67)ccc4-5)cc3)ccc2-c2ccc(-c3ccccc3-c3cc4ccccc4c4ccccc34)cc21. The van der Waals surface area contributed by atoms with Gasteiger partial charge < -0.3 is 0 Å². The van der Waals surface area contributed by atoms with Crippen molar-refractivity contribution in [2.24, 2.45) is 0 Å². The van der Waals surface area contributed by atoms with Gasteiger partial charge in [0.15, 0.2) is 0 Å². The molecular formula is C76H54. The second kappa shape index (κ2) is 16.7. The number of fused-ring (bicyclic) bond motifs is 12. The number of benzene rings is 13. The first-order valence-corrected chi connectivity index (χ1v) is 26.9. The van der Waals surface area contributed by atoms with Crippen molar-refractivity contribution in [3.05, 3.63) is 277 Å². The predicted molar refractivity (Wildman–Crippen MR) is 324 cm³/mol. The summed E-state index contributed by atoms with van der Waals surface area (Å²) in [6.45, 7) is 9.60. The lowest BCUT2D eigenvalue weighted by atomic mass is 9.80. The van der Waals surface area contributed by atoms with Gasteiger partial charge in [0.05, 0.1) is 0 Å². The van der Waals surface area contributed by atoms with Crippen molar-refractivity contribution in [1.82, 2.24) is 0 Å². The van der Waals surface area contributed by atoms with Crippen molar-refractivity contribution in [2.75, 3.05) is 0 Å². The van der Waals surface area contributed by atoms with Gasteiger partial charge in [-0.05, 0) is 191 Å². The molecule has 0 spiro atoms. The van der Waals surface area contributed by atoms with E-state index >= 15 is 0 Å². The monoisotopic (exact) mass is 966 g/mol. The van der Waals surface area contributed by atoms with Crippen LogP contribution in [0.3, 0.4) is 0 Å². The van der Waals surface area contributed by atoms with Gasteiger partial charge in [-0.1, -0.05) is 246 Å². The molecule has 15 rings (SSSR count). The van der Waals surface area contributed by atoms with Crippen LogP contribution in [0.1, 0.15) is 49.9 Å². The van der Waals surface area contributed by atoms with E-state index in [0.717, 1.165) is 0 Å². The Morgan fingerprint density at radius 3 is 0.842 bits per heavy atom. The lowest BCUT2D eigenvalue weighted by Gasteiger charge is -2.23. The zero-order chi connectivity index (χ0) is 50.9. The average molecular weight is 967 g/mol. The molecule has 0 nitrogen and oxygen atoms in total. The molecular weight excluding hydrogens is 913 g/mol. The summed E-state index contributed by atoms with van der Waals surface area (Å²) in [6.07, 6.45) is 0. The molecule has 0 heterocycles. The van der Waals surface area contributed by atoms with Crippen LogP contribution in [0.2, 0.25) is 0 Å². The first-order chi connectivity index (χ1) is 37.2. The number of rotatable bonds is 6. The van der Waals surface area contributed by atoms with Crippen molar-refractivity contribution < 1.29 is 0 Å². The maximum atomic E-state index is 2.47. The van der Waals surface area contributed by atoms with Gasteiger partial charge in [-0.3, -0.25) is 0 Å². The third-order valence-corrected chi connectivity index (χ3v) is 17.5. The van der Waals surface area contributed by atoms with Crippen molar-refractivity contribution in [3.8, 4) is 89.0 Å². The molecule has 0 N–H and O–H groups in total. The summed E-state index contributed by atoms with van der Waals surface area (Å²) in [6, 6.07) is 95.8. The topological polar surface area (TPSA) is 0 Å². The fourth-order valence-corrected chi connectivity index (χ4v) is 13.5. The largest absolute Gasteiger partial charge is 0.0616 e. The van der Waals surface area contributed by atoms with Gasteiger partial charge in [0.25, 0.3) is 0 Å². The highest BCUT2D eigenvalue weighted by Crippen LogP contribution is 2.54. The van der Waals surface area contributed by atoms with E-state index in [-0.39, 0.29) is 10.8 Å². The Morgan fingerprint density at radius 2 is 0.461 bits per heavy atom. The first-order valence-electron chi connectivity index (χ1n) is 26.9. The Bertz CT molecular complexity index is 4270. The van der Waals surface area contributed by atoms with E-state index in [4.69, 9.17) is 0 Å². The van der Waals surface area contributed by atoms with E-state index in [2.05, 4.69) is 282 Å². The molecule has 0 aromatic heterocycles. The normalized spacial score (nSPS) is 13.7. The molecule has 13 aromatic carbocycles. The number of hydrogen-bond donors (Lipinski definition) is 0. The summed E-state index contributed by atoms with van der Waals surface area (Å²) in [5, 5.41) is 10.3. The third kappa shape index (κ3) is 6.70. The van der Waals surface area contributed by atoms with E-state index in [1.54, 1.807) is 0 Å².